The number of nitrogens with two attached hydrogens (primary N) is 1. The van der Waals surface area contributed by atoms with Crippen molar-refractivity contribution in [3.63, 3.8) is 0 Å². The van der Waals surface area contributed by atoms with E-state index >= 15 is 0 Å². The molecule has 2 atom stereocenters. The van der Waals surface area contributed by atoms with Gasteiger partial charge in [0.1, 0.15) is 0 Å². The zero-order valence-electron chi connectivity index (χ0n) is 4.88. The summed E-state index contributed by atoms with van der Waals surface area (Å²) < 4.78 is 0. The molecular weight excluding hydrogens is 100 g/mol. The molecule has 2 nitrogen and oxygen atoms in total. The van der Waals surface area contributed by atoms with E-state index in [1.54, 1.807) is 0 Å². The molecule has 1 saturated carbocycles. The van der Waals surface area contributed by atoms with Crippen molar-refractivity contribution in [3.05, 3.63) is 7.05 Å². The van der Waals surface area contributed by atoms with Crippen molar-refractivity contribution in [3.8, 4) is 0 Å². The SMILES string of the molecule is [CH2]N1CC2C(N)C2C1. The Hall–Kier alpha value is -0.0800. The van der Waals surface area contributed by atoms with Crippen LogP contribution in [-0.2, 0) is 0 Å². The molecule has 1 saturated heterocycles. The third-order valence-corrected chi connectivity index (χ3v) is 2.34. The fourth-order valence-corrected chi connectivity index (χ4v) is 1.66. The Kier molecular flexibility index (Phi) is 0.746. The van der Waals surface area contributed by atoms with Crippen LogP contribution in [0.1, 0.15) is 0 Å². The molecule has 2 N–H and O–H groups in total. The van der Waals surface area contributed by atoms with Gasteiger partial charge in [0, 0.05) is 26.2 Å². The van der Waals surface area contributed by atoms with Gasteiger partial charge in [-0.1, -0.05) is 0 Å². The summed E-state index contributed by atoms with van der Waals surface area (Å²) in [6, 6.07) is 0.521. The van der Waals surface area contributed by atoms with E-state index in [0.717, 1.165) is 24.9 Å². The lowest BCUT2D eigenvalue weighted by molar-refractivity contribution is 0.399. The average molecular weight is 111 g/mol. The van der Waals surface area contributed by atoms with E-state index in [1.165, 1.54) is 0 Å². The molecule has 45 valence electrons. The van der Waals surface area contributed by atoms with Crippen molar-refractivity contribution in [2.75, 3.05) is 13.1 Å². The number of hydrogen-bond acceptors (Lipinski definition) is 2. The van der Waals surface area contributed by atoms with Gasteiger partial charge in [0.25, 0.3) is 0 Å². The number of hydrogen-bond donors (Lipinski definition) is 1. The summed E-state index contributed by atoms with van der Waals surface area (Å²) >= 11 is 0. The molecule has 8 heavy (non-hydrogen) atoms. The third kappa shape index (κ3) is 0.446. The summed E-state index contributed by atoms with van der Waals surface area (Å²) in [4.78, 5) is 2.11. The van der Waals surface area contributed by atoms with Gasteiger partial charge in [-0.3, -0.25) is 0 Å². The molecule has 0 bridgehead atoms. The molecule has 1 radical (unpaired) electrons. The van der Waals surface area contributed by atoms with Crippen LogP contribution < -0.4 is 5.73 Å². The highest BCUT2D eigenvalue weighted by atomic mass is 15.2. The second-order valence-corrected chi connectivity index (χ2v) is 2.94. The highest BCUT2D eigenvalue weighted by molar-refractivity contribution is 5.08. The Morgan fingerprint density at radius 1 is 1.38 bits per heavy atom. The first kappa shape index (κ1) is 4.77. The van der Waals surface area contributed by atoms with Crippen LogP contribution in [0.4, 0.5) is 0 Å². The molecule has 2 rings (SSSR count). The topological polar surface area (TPSA) is 29.3 Å². The van der Waals surface area contributed by atoms with Crippen molar-refractivity contribution in [2.24, 2.45) is 17.6 Å². The highest BCUT2D eigenvalue weighted by Crippen LogP contribution is 2.43. The molecule has 1 aliphatic carbocycles. The van der Waals surface area contributed by atoms with E-state index in [1.807, 2.05) is 0 Å². The number of likely N-dealkylation sites (tertiary alicyclic amines) is 1. The minimum Gasteiger partial charge on any atom is -0.327 e. The van der Waals surface area contributed by atoms with Gasteiger partial charge in [0.05, 0.1) is 0 Å². The Bertz CT molecular complexity index is 101. The van der Waals surface area contributed by atoms with Crippen molar-refractivity contribution in [2.45, 2.75) is 6.04 Å². The number of rotatable bonds is 0. The van der Waals surface area contributed by atoms with Gasteiger partial charge in [-0.25, -0.2) is 0 Å². The molecule has 0 aromatic rings. The molecule has 2 aliphatic rings. The lowest BCUT2D eigenvalue weighted by atomic mass is 10.4. The number of nitrogens with zero attached hydrogens (tertiary/aromatic N) is 1. The molecule has 1 heterocycles. The Labute approximate surface area is 49.7 Å². The van der Waals surface area contributed by atoms with Crippen molar-refractivity contribution in [1.29, 1.82) is 0 Å². The Balaban J connectivity index is 2.00. The predicted octanol–water partition coefficient (Wildman–Crippen LogP) is -0.333. The van der Waals surface area contributed by atoms with E-state index in [4.69, 9.17) is 5.73 Å². The molecule has 0 aromatic carbocycles. The third-order valence-electron chi connectivity index (χ3n) is 2.34. The van der Waals surface area contributed by atoms with Crippen LogP contribution in [0.15, 0.2) is 0 Å². The molecule has 2 unspecified atom stereocenters. The Morgan fingerprint density at radius 2 is 1.88 bits per heavy atom. The second kappa shape index (κ2) is 1.25. The van der Waals surface area contributed by atoms with Crippen LogP contribution in [0.5, 0.6) is 0 Å². The average Bonchev–Trinajstić information content (AvgIpc) is 2.29. The van der Waals surface area contributed by atoms with E-state index in [0.29, 0.717) is 6.04 Å². The van der Waals surface area contributed by atoms with Crippen LogP contribution in [0, 0.1) is 18.9 Å². The van der Waals surface area contributed by atoms with E-state index in [2.05, 4.69) is 11.9 Å². The van der Waals surface area contributed by atoms with Crippen LogP contribution in [-0.4, -0.2) is 24.0 Å². The minimum atomic E-state index is 0.521. The maximum atomic E-state index is 5.68. The first-order chi connectivity index (χ1) is 3.79. The maximum absolute atomic E-state index is 5.68. The smallest absolute Gasteiger partial charge is 0.0127 e. The quantitative estimate of drug-likeness (QED) is 0.463. The summed E-state index contributed by atoms with van der Waals surface area (Å²) in [6.07, 6.45) is 0. The maximum Gasteiger partial charge on any atom is 0.0127 e. The molecule has 1 aliphatic heterocycles. The molecule has 0 spiro atoms. The first-order valence-electron chi connectivity index (χ1n) is 3.10. The van der Waals surface area contributed by atoms with Crippen LogP contribution in [0.25, 0.3) is 0 Å². The largest absolute Gasteiger partial charge is 0.327 e. The fourth-order valence-electron chi connectivity index (χ4n) is 1.66. The molecular formula is C6H11N2. The van der Waals surface area contributed by atoms with Crippen LogP contribution >= 0.6 is 0 Å². The van der Waals surface area contributed by atoms with Gasteiger partial charge in [-0.15, -0.1) is 0 Å². The van der Waals surface area contributed by atoms with E-state index in [9.17, 15) is 0 Å². The summed E-state index contributed by atoms with van der Waals surface area (Å²) in [7, 11) is 3.83. The Morgan fingerprint density at radius 3 is 2.25 bits per heavy atom. The minimum absolute atomic E-state index is 0.521. The summed E-state index contributed by atoms with van der Waals surface area (Å²) in [5, 5.41) is 0. The molecule has 0 aromatic heterocycles. The summed E-state index contributed by atoms with van der Waals surface area (Å²) in [5.41, 5.74) is 5.68. The van der Waals surface area contributed by atoms with Gasteiger partial charge in [0.2, 0.25) is 0 Å². The monoisotopic (exact) mass is 111 g/mol. The highest BCUT2D eigenvalue weighted by Gasteiger charge is 2.52. The lowest BCUT2D eigenvalue weighted by Crippen LogP contribution is -2.22. The van der Waals surface area contributed by atoms with E-state index in [-0.39, 0.29) is 0 Å². The molecule has 2 fully saturated rings. The normalized spacial score (nSPS) is 54.0. The second-order valence-electron chi connectivity index (χ2n) is 2.94. The van der Waals surface area contributed by atoms with Gasteiger partial charge in [-0.2, -0.15) is 0 Å². The van der Waals surface area contributed by atoms with Crippen molar-refractivity contribution >= 4 is 0 Å². The van der Waals surface area contributed by atoms with Crippen LogP contribution in [0.2, 0.25) is 0 Å². The number of piperidine rings is 1. The zero-order chi connectivity index (χ0) is 5.72. The molecule has 2 heteroatoms. The fraction of sp³-hybridized carbons (Fsp3) is 0.833. The zero-order valence-corrected chi connectivity index (χ0v) is 4.88. The van der Waals surface area contributed by atoms with Gasteiger partial charge < -0.3 is 10.6 Å². The van der Waals surface area contributed by atoms with Crippen molar-refractivity contribution < 1.29 is 0 Å². The predicted molar refractivity (Wildman–Crippen MR) is 31.9 cm³/mol. The van der Waals surface area contributed by atoms with Gasteiger partial charge >= 0.3 is 0 Å². The number of fused-ring (bicyclic) bond motifs is 1. The van der Waals surface area contributed by atoms with Crippen LogP contribution in [0.3, 0.4) is 0 Å². The summed E-state index contributed by atoms with van der Waals surface area (Å²) in [5.74, 6) is 1.60. The van der Waals surface area contributed by atoms with Crippen molar-refractivity contribution in [1.82, 2.24) is 4.90 Å². The van der Waals surface area contributed by atoms with E-state index < -0.39 is 0 Å². The van der Waals surface area contributed by atoms with Gasteiger partial charge in [-0.05, 0) is 11.8 Å². The first-order valence-corrected chi connectivity index (χ1v) is 3.10. The summed E-state index contributed by atoms with van der Waals surface area (Å²) in [6.45, 7) is 2.26. The van der Waals surface area contributed by atoms with Gasteiger partial charge in [0.15, 0.2) is 0 Å². The lowest BCUT2D eigenvalue weighted by Gasteiger charge is -2.09. The molecule has 0 amide bonds. The standard InChI is InChI=1S/C6H11N2/c1-8-2-4-5(3-8)6(4)7/h4-6H,1-3,7H2.